The summed E-state index contributed by atoms with van der Waals surface area (Å²) in [5.41, 5.74) is 9.63. The predicted octanol–water partition coefficient (Wildman–Crippen LogP) is 12.3. The van der Waals surface area contributed by atoms with E-state index in [1.807, 2.05) is 108 Å². The van der Waals surface area contributed by atoms with Crippen LogP contribution in [0, 0.1) is 37.0 Å². The summed E-state index contributed by atoms with van der Waals surface area (Å²) in [4.78, 5) is 39.6. The van der Waals surface area contributed by atoms with Crippen LogP contribution in [0.5, 0.6) is 0 Å². The van der Waals surface area contributed by atoms with E-state index >= 15 is 0 Å². The van der Waals surface area contributed by atoms with Crippen LogP contribution in [0.15, 0.2) is 142 Å². The van der Waals surface area contributed by atoms with Crippen molar-refractivity contribution < 1.29 is 30.6 Å². The first kappa shape index (κ1) is 67.2. The number of nitrogens with one attached hydrogen (secondary N) is 3. The van der Waals surface area contributed by atoms with Gasteiger partial charge < -0.3 is 60.3 Å². The van der Waals surface area contributed by atoms with Gasteiger partial charge in [0.05, 0.1) is 83.5 Å². The Balaban J connectivity index is 0.000000116. The molecule has 3 saturated heterocycles. The average Bonchev–Trinajstić information content (AvgIpc) is 1.69. The van der Waals surface area contributed by atoms with Crippen molar-refractivity contribution in [3.63, 3.8) is 0 Å². The van der Waals surface area contributed by atoms with E-state index < -0.39 is 52.9 Å². The number of rotatable bonds is 6. The third-order valence-electron chi connectivity index (χ3n) is 22.5. The van der Waals surface area contributed by atoms with E-state index in [2.05, 4.69) is 145 Å². The molecular weight excluding hydrogens is 1520 g/mol. The molecule has 510 valence electrons. The minimum absolute atomic E-state index is 0.0604. The van der Waals surface area contributed by atoms with Crippen LogP contribution in [0.3, 0.4) is 0 Å². The van der Waals surface area contributed by atoms with Gasteiger partial charge in [-0.15, -0.1) is 0 Å². The molecule has 3 aromatic carbocycles. The highest BCUT2D eigenvalue weighted by atomic mass is 79.9. The Morgan fingerprint density at radius 2 is 0.677 bits per heavy atom. The first-order chi connectivity index (χ1) is 47.6. The first-order valence-electron chi connectivity index (χ1n) is 33.0. The summed E-state index contributed by atoms with van der Waals surface area (Å²) in [6, 6.07) is 29.8. The topological polar surface area (TPSA) is 288 Å². The van der Waals surface area contributed by atoms with Gasteiger partial charge in [0.2, 0.25) is 0 Å². The molecule has 0 bridgehead atoms. The van der Waals surface area contributed by atoms with Crippen molar-refractivity contribution in [1.82, 2.24) is 74.5 Å². The second kappa shape index (κ2) is 25.9. The number of pyridine rings is 3. The highest BCUT2D eigenvalue weighted by molar-refractivity contribution is 9.11. The average molecular weight is 1590 g/mol. The lowest BCUT2D eigenvalue weighted by atomic mass is 9.80. The fourth-order valence-corrected chi connectivity index (χ4v) is 18.6. The van der Waals surface area contributed by atoms with Crippen molar-refractivity contribution in [2.75, 3.05) is 19.6 Å². The minimum Gasteiger partial charge on any atom is -0.390 e. The molecule has 9 N–H and O–H groups in total. The van der Waals surface area contributed by atoms with Gasteiger partial charge in [-0.25, -0.2) is 44.9 Å². The van der Waals surface area contributed by atoms with Gasteiger partial charge >= 0.3 is 0 Å². The molecule has 15 atom stereocenters. The maximum absolute atomic E-state index is 11.2. The molecule has 9 aromatic heterocycles. The quantitative estimate of drug-likeness (QED) is 0.0699. The zero-order valence-electron chi connectivity index (χ0n) is 53.7. The number of hydrogen-bond acceptors (Lipinski definition) is 18. The normalized spacial score (nSPS) is 29.6. The monoisotopic (exact) mass is 1580 g/mol. The molecule has 3 spiro atoms. The maximum Gasteiger partial charge on any atom is 0.143 e. The second-order valence-corrected chi connectivity index (χ2v) is 31.7. The van der Waals surface area contributed by atoms with Crippen LogP contribution >= 0.6 is 82.6 Å². The van der Waals surface area contributed by atoms with Crippen molar-refractivity contribution in [3.05, 3.63) is 191 Å². The number of halogens is 6. The van der Waals surface area contributed by atoms with Crippen LogP contribution in [-0.2, 0) is 0 Å². The summed E-state index contributed by atoms with van der Waals surface area (Å²) in [5, 5.41) is 84.7. The molecule has 3 saturated carbocycles. The SMILES string of the molecule is Cc1ncnc2c1ccn2[C@@H]1C[C@@]2(CN[C@@H](c3ccc4cc(Br)c(Cl)nc4c3)C2)[C@@H](O)[C@H]1O.Cc1ncnc2c1ccn2[C@@H]1C[C@@]2(CN[C@@H](c3ccc4cc(Br)c(Cl)nc4c3)C2)[C@@H](O)[C@H]1O.Cc1ncnc2c1ccn2[C@@H]1C[C@@]2(CN[C@H](c3ccc4cc(Br)c(Cl)nc4c3)C2)[C@@H](O)[C@H]1O. The predicted molar refractivity (Wildman–Crippen MR) is 391 cm³/mol. The van der Waals surface area contributed by atoms with Crippen molar-refractivity contribution in [3.8, 4) is 0 Å². The molecule has 6 fully saturated rings. The number of fused-ring (bicyclic) bond motifs is 6. The van der Waals surface area contributed by atoms with Crippen LogP contribution in [0.2, 0.25) is 15.5 Å². The summed E-state index contributed by atoms with van der Waals surface area (Å²) in [6.45, 7) is 7.74. The van der Waals surface area contributed by atoms with E-state index in [9.17, 15) is 30.6 Å². The number of nitrogens with zero attached hydrogens (tertiary/aromatic N) is 12. The smallest absolute Gasteiger partial charge is 0.143 e. The molecule has 0 unspecified atom stereocenters. The van der Waals surface area contributed by atoms with Crippen LogP contribution in [0.25, 0.3) is 65.8 Å². The third kappa shape index (κ3) is 11.6. The van der Waals surface area contributed by atoms with E-state index in [1.165, 1.54) is 0 Å². The van der Waals surface area contributed by atoms with Gasteiger partial charge in [-0.2, -0.15) is 0 Å². The van der Waals surface area contributed by atoms with Gasteiger partial charge in [0.1, 0.15) is 69.7 Å². The molecule has 0 amide bonds. The summed E-state index contributed by atoms with van der Waals surface area (Å²) < 4.78 is 8.32. The van der Waals surface area contributed by atoms with Crippen LogP contribution in [0.1, 0.15) is 109 Å². The molecular formula is C72H69Br3Cl3N15O6. The lowest BCUT2D eigenvalue weighted by Crippen LogP contribution is -2.38. The van der Waals surface area contributed by atoms with E-state index in [-0.39, 0.29) is 36.3 Å². The van der Waals surface area contributed by atoms with Gasteiger partial charge in [0.15, 0.2) is 0 Å². The van der Waals surface area contributed by atoms with Gasteiger partial charge in [-0.3, -0.25) is 0 Å². The number of hydrogen-bond donors (Lipinski definition) is 9. The van der Waals surface area contributed by atoms with Gasteiger partial charge in [0, 0.05) is 105 Å². The largest absolute Gasteiger partial charge is 0.390 e. The van der Waals surface area contributed by atoms with E-state index in [0.717, 1.165) is 132 Å². The minimum atomic E-state index is -0.870. The highest BCUT2D eigenvalue weighted by Gasteiger charge is 2.59. The van der Waals surface area contributed by atoms with Crippen molar-refractivity contribution in [1.29, 1.82) is 0 Å². The Kier molecular flexibility index (Phi) is 17.6. The third-order valence-corrected chi connectivity index (χ3v) is 25.8. The molecule has 21 nitrogen and oxygen atoms in total. The van der Waals surface area contributed by atoms with Gasteiger partial charge in [-0.05, 0) is 178 Å². The lowest BCUT2D eigenvalue weighted by Gasteiger charge is -2.27. The molecule has 6 aliphatic rings. The maximum atomic E-state index is 11.2. The number of aromatic nitrogens is 12. The standard InChI is InChI=1S/3C24H23BrClN5O2/c3*1-12-15-4-5-31(23(15)29-11-28-12)19-9-24(21(33)20(19)32)8-18(27-10-24)14-3-2-13-6-16(25)22(26)30-17(13)7-14/h3*2-7,11,18-21,27,32-33H,8-10H2,1H3/t18-,19+,20-,21-,24-;2*18-,19-,20+,21+,24+/m011/s1. The van der Waals surface area contributed by atoms with Crippen molar-refractivity contribution in [2.45, 2.75) is 132 Å². The number of benzene rings is 3. The molecule has 12 aromatic rings. The van der Waals surface area contributed by atoms with Crippen molar-refractivity contribution >= 4 is 148 Å². The van der Waals surface area contributed by atoms with E-state index in [1.54, 1.807) is 19.0 Å². The number of aryl methyl sites for hydroxylation is 3. The highest BCUT2D eigenvalue weighted by Crippen LogP contribution is 2.56. The lowest BCUT2D eigenvalue weighted by molar-refractivity contribution is -0.0218. The summed E-state index contributed by atoms with van der Waals surface area (Å²) >= 11 is 28.9. The Bertz CT molecular complexity index is 4690. The Hall–Kier alpha value is -6.30. The second-order valence-electron chi connectivity index (χ2n) is 28.0. The molecule has 12 heterocycles. The Morgan fingerprint density at radius 3 is 0.960 bits per heavy atom. The number of aliphatic hydroxyl groups excluding tert-OH is 6. The fourth-order valence-electron chi connectivity index (χ4n) is 17.1. The van der Waals surface area contributed by atoms with E-state index in [4.69, 9.17) is 34.8 Å². The Labute approximate surface area is 608 Å². The van der Waals surface area contributed by atoms with Crippen LogP contribution < -0.4 is 16.0 Å². The summed E-state index contributed by atoms with van der Waals surface area (Å²) in [5.74, 6) is 0. The van der Waals surface area contributed by atoms with Gasteiger partial charge in [-0.1, -0.05) is 71.2 Å². The van der Waals surface area contributed by atoms with E-state index in [0.29, 0.717) is 54.4 Å². The molecule has 27 heteroatoms. The fraction of sp³-hybridized carbons (Fsp3) is 0.375. The molecule has 3 aliphatic heterocycles. The summed E-state index contributed by atoms with van der Waals surface area (Å²) in [7, 11) is 0. The molecule has 0 radical (unpaired) electrons. The first-order valence-corrected chi connectivity index (χ1v) is 36.5. The van der Waals surface area contributed by atoms with Crippen molar-refractivity contribution in [2.24, 2.45) is 16.2 Å². The Morgan fingerprint density at radius 1 is 0.394 bits per heavy atom. The number of aliphatic hydroxyl groups is 6. The van der Waals surface area contributed by atoms with Crippen LogP contribution in [-0.4, -0.2) is 145 Å². The zero-order valence-corrected chi connectivity index (χ0v) is 60.8. The summed E-state index contributed by atoms with van der Waals surface area (Å²) in [6.07, 6.45) is 9.56. The van der Waals surface area contributed by atoms with Gasteiger partial charge in [0.25, 0.3) is 0 Å². The molecule has 3 aliphatic carbocycles. The molecule has 99 heavy (non-hydrogen) atoms. The van der Waals surface area contributed by atoms with Crippen LogP contribution in [0.4, 0.5) is 0 Å². The zero-order chi connectivity index (χ0) is 68.7. The molecule has 18 rings (SSSR count).